The summed E-state index contributed by atoms with van der Waals surface area (Å²) >= 11 is 3.33. The van der Waals surface area contributed by atoms with Gasteiger partial charge in [0.1, 0.15) is 6.04 Å². The van der Waals surface area contributed by atoms with Gasteiger partial charge in [0.05, 0.1) is 11.8 Å². The monoisotopic (exact) mass is 354 g/mol. The maximum Gasteiger partial charge on any atom is 0.326 e. The number of nitrogens with one attached hydrogen (secondary N) is 1. The van der Waals surface area contributed by atoms with Gasteiger partial charge in [0, 0.05) is 4.47 Å². The number of nitrogens with two attached hydrogens (primary N) is 1. The molecule has 0 heterocycles. The average molecular weight is 355 g/mol. The first-order chi connectivity index (χ1) is 9.85. The van der Waals surface area contributed by atoms with E-state index < -0.39 is 29.8 Å². The van der Waals surface area contributed by atoms with Gasteiger partial charge in [-0.3, -0.25) is 9.59 Å². The third-order valence-corrected chi connectivity index (χ3v) is 4.12. The summed E-state index contributed by atoms with van der Waals surface area (Å²) in [5.41, 5.74) is 5.15. The van der Waals surface area contributed by atoms with E-state index in [0.29, 0.717) is 12.8 Å². The van der Waals surface area contributed by atoms with Crippen molar-refractivity contribution in [1.82, 2.24) is 5.32 Å². The lowest BCUT2D eigenvalue weighted by atomic mass is 9.94. The minimum atomic E-state index is -1.29. The minimum Gasteiger partial charge on any atom is -0.480 e. The first-order valence-corrected chi connectivity index (χ1v) is 7.22. The molecule has 1 aliphatic rings. The fraction of sp³-hybridized carbons (Fsp3) is 0.357. The Morgan fingerprint density at radius 3 is 2.29 bits per heavy atom. The Labute approximate surface area is 129 Å². The molecule has 4 N–H and O–H groups in total. The molecule has 2 amide bonds. The number of carboxylic acid groups (broad SMARTS) is 1. The zero-order valence-corrected chi connectivity index (χ0v) is 12.7. The molecule has 1 aromatic carbocycles. The van der Waals surface area contributed by atoms with Crippen molar-refractivity contribution >= 4 is 33.7 Å². The topological polar surface area (TPSA) is 109 Å². The molecule has 0 aliphatic heterocycles. The van der Waals surface area contributed by atoms with Crippen LogP contribution >= 0.6 is 15.9 Å². The van der Waals surface area contributed by atoms with Crippen LogP contribution in [0.25, 0.3) is 0 Å². The first-order valence-electron chi connectivity index (χ1n) is 6.43. The van der Waals surface area contributed by atoms with Crippen molar-refractivity contribution < 1.29 is 19.5 Å². The van der Waals surface area contributed by atoms with Gasteiger partial charge in [0.25, 0.3) is 0 Å². The molecule has 7 heteroatoms. The fourth-order valence-corrected chi connectivity index (χ4v) is 2.50. The van der Waals surface area contributed by atoms with E-state index >= 15 is 0 Å². The Bertz CT molecular complexity index is 581. The minimum absolute atomic E-state index is 0.376. The summed E-state index contributed by atoms with van der Waals surface area (Å²) in [5.74, 6) is -2.41. The van der Waals surface area contributed by atoms with E-state index in [-0.39, 0.29) is 5.91 Å². The van der Waals surface area contributed by atoms with Crippen LogP contribution in [0.5, 0.6) is 0 Å². The van der Waals surface area contributed by atoms with Crippen molar-refractivity contribution in [3.8, 4) is 0 Å². The second kappa shape index (κ2) is 5.85. The molecule has 0 bridgehead atoms. The molecule has 1 saturated carbocycles. The maximum atomic E-state index is 12.4. The van der Waals surface area contributed by atoms with E-state index in [2.05, 4.69) is 21.2 Å². The zero-order chi connectivity index (χ0) is 15.6. The average Bonchev–Trinajstić information content (AvgIpc) is 3.19. The van der Waals surface area contributed by atoms with Gasteiger partial charge in [-0.25, -0.2) is 4.79 Å². The van der Waals surface area contributed by atoms with Gasteiger partial charge in [-0.15, -0.1) is 0 Å². The van der Waals surface area contributed by atoms with Crippen LogP contribution in [0.4, 0.5) is 0 Å². The van der Waals surface area contributed by atoms with Crippen molar-refractivity contribution in [1.29, 1.82) is 0 Å². The Morgan fingerprint density at radius 1 is 1.29 bits per heavy atom. The number of amides is 2. The molecule has 1 atom stereocenters. The van der Waals surface area contributed by atoms with Crippen LogP contribution in [-0.2, 0) is 19.8 Å². The molecule has 0 aromatic heterocycles. The first kappa shape index (κ1) is 15.5. The number of carboxylic acids is 1. The number of primary amides is 1. The van der Waals surface area contributed by atoms with Crippen molar-refractivity contribution in [2.45, 2.75) is 30.7 Å². The van der Waals surface area contributed by atoms with E-state index in [4.69, 9.17) is 10.8 Å². The standard InChI is InChI=1S/C14H15BrN2O4/c15-9-3-1-8(2-4-9)14(5-6-14)13(21)17-10(12(19)20)7-11(16)18/h1-4,10H,5-7H2,(H2,16,18)(H,17,21)(H,19,20)/t10-/m1/s1. The molecule has 112 valence electrons. The van der Waals surface area contributed by atoms with Gasteiger partial charge in [-0.2, -0.15) is 0 Å². The van der Waals surface area contributed by atoms with Crippen LogP contribution in [0.3, 0.4) is 0 Å². The summed E-state index contributed by atoms with van der Waals surface area (Å²) in [5, 5.41) is 11.4. The van der Waals surface area contributed by atoms with Gasteiger partial charge >= 0.3 is 5.97 Å². The van der Waals surface area contributed by atoms with E-state index in [9.17, 15) is 14.4 Å². The van der Waals surface area contributed by atoms with Crippen LogP contribution in [0, 0.1) is 0 Å². The maximum absolute atomic E-state index is 12.4. The van der Waals surface area contributed by atoms with Gasteiger partial charge < -0.3 is 16.2 Å². The van der Waals surface area contributed by atoms with E-state index in [1.54, 1.807) is 0 Å². The third-order valence-electron chi connectivity index (χ3n) is 3.59. The SMILES string of the molecule is NC(=O)C[C@@H](NC(=O)C1(c2ccc(Br)cc2)CC1)C(=O)O. The van der Waals surface area contributed by atoms with Crippen LogP contribution in [0.15, 0.2) is 28.7 Å². The van der Waals surface area contributed by atoms with Gasteiger partial charge in [0.15, 0.2) is 0 Å². The second-order valence-corrected chi connectivity index (χ2v) is 6.04. The fourth-order valence-electron chi connectivity index (χ4n) is 2.24. The van der Waals surface area contributed by atoms with Gasteiger partial charge in [-0.1, -0.05) is 28.1 Å². The highest BCUT2D eigenvalue weighted by atomic mass is 79.9. The number of carbonyl (C=O) groups is 3. The van der Waals surface area contributed by atoms with Crippen molar-refractivity contribution in [3.05, 3.63) is 34.3 Å². The van der Waals surface area contributed by atoms with Crippen molar-refractivity contribution in [2.24, 2.45) is 5.73 Å². The molecule has 6 nitrogen and oxygen atoms in total. The Balaban J connectivity index is 2.13. The van der Waals surface area contributed by atoms with Crippen LogP contribution in [-0.4, -0.2) is 28.9 Å². The van der Waals surface area contributed by atoms with Crippen LogP contribution in [0.2, 0.25) is 0 Å². The molecule has 0 saturated heterocycles. The summed E-state index contributed by atoms with van der Waals surface area (Å²) < 4.78 is 0.902. The number of aliphatic carboxylic acids is 1. The number of benzene rings is 1. The molecule has 0 spiro atoms. The summed E-state index contributed by atoms with van der Waals surface area (Å²) in [6.45, 7) is 0. The van der Waals surface area contributed by atoms with Crippen molar-refractivity contribution in [3.63, 3.8) is 0 Å². The summed E-state index contributed by atoms with van der Waals surface area (Å²) in [4.78, 5) is 34.3. The predicted octanol–water partition coefficient (Wildman–Crippen LogP) is 0.926. The zero-order valence-electron chi connectivity index (χ0n) is 11.1. The smallest absolute Gasteiger partial charge is 0.326 e. The molecule has 1 aromatic rings. The normalized spacial score (nSPS) is 16.8. The summed E-state index contributed by atoms with van der Waals surface area (Å²) in [6, 6.07) is 6.05. The Kier molecular flexibility index (Phi) is 4.32. The van der Waals surface area contributed by atoms with Crippen LogP contribution in [0.1, 0.15) is 24.8 Å². The number of carbonyl (C=O) groups excluding carboxylic acids is 2. The van der Waals surface area contributed by atoms with Crippen LogP contribution < -0.4 is 11.1 Å². The molecular formula is C14H15BrN2O4. The third kappa shape index (κ3) is 3.41. The largest absolute Gasteiger partial charge is 0.480 e. The molecule has 0 radical (unpaired) electrons. The molecular weight excluding hydrogens is 340 g/mol. The van der Waals surface area contributed by atoms with Gasteiger partial charge in [0.2, 0.25) is 11.8 Å². The lowest BCUT2D eigenvalue weighted by Crippen LogP contribution is -2.47. The predicted molar refractivity (Wildman–Crippen MR) is 78.4 cm³/mol. The highest BCUT2D eigenvalue weighted by Gasteiger charge is 2.51. The highest BCUT2D eigenvalue weighted by molar-refractivity contribution is 9.10. The van der Waals surface area contributed by atoms with E-state index in [1.807, 2.05) is 24.3 Å². The number of halogens is 1. The van der Waals surface area contributed by atoms with E-state index in [1.165, 1.54) is 0 Å². The quantitative estimate of drug-likeness (QED) is 0.705. The number of hydrogen-bond donors (Lipinski definition) is 3. The molecule has 21 heavy (non-hydrogen) atoms. The molecule has 2 rings (SSSR count). The number of hydrogen-bond acceptors (Lipinski definition) is 3. The number of rotatable bonds is 6. The Hall–Kier alpha value is -1.89. The summed E-state index contributed by atoms with van der Waals surface area (Å²) in [6.07, 6.45) is 0.893. The highest BCUT2D eigenvalue weighted by Crippen LogP contribution is 2.48. The lowest BCUT2D eigenvalue weighted by Gasteiger charge is -2.19. The summed E-state index contributed by atoms with van der Waals surface area (Å²) in [7, 11) is 0. The van der Waals surface area contributed by atoms with Crippen molar-refractivity contribution in [2.75, 3.05) is 0 Å². The van der Waals surface area contributed by atoms with Gasteiger partial charge in [-0.05, 0) is 30.5 Å². The lowest BCUT2D eigenvalue weighted by molar-refractivity contribution is -0.143. The second-order valence-electron chi connectivity index (χ2n) is 5.12. The van der Waals surface area contributed by atoms with E-state index in [0.717, 1.165) is 10.0 Å². The molecule has 1 aliphatic carbocycles. The molecule has 1 fully saturated rings. The molecule has 0 unspecified atom stereocenters. The Morgan fingerprint density at radius 2 is 1.86 bits per heavy atom.